The Kier molecular flexibility index (Phi) is 5.09. The van der Waals surface area contributed by atoms with E-state index < -0.39 is 6.09 Å². The first-order chi connectivity index (χ1) is 14.7. The largest absolute Gasteiger partial charge is 0.453 e. The SMILES string of the molecule is COC(=O)Nc1ccc(-c2nc(N3CCOCC3)c3c(n2)N2CCOC[C@@H]2C3)cn1. The van der Waals surface area contributed by atoms with Gasteiger partial charge < -0.3 is 24.0 Å². The Labute approximate surface area is 174 Å². The Morgan fingerprint density at radius 3 is 2.70 bits per heavy atom. The second-order valence-corrected chi connectivity index (χ2v) is 7.45. The fourth-order valence-electron chi connectivity index (χ4n) is 4.14. The zero-order valence-electron chi connectivity index (χ0n) is 16.8. The van der Waals surface area contributed by atoms with Crippen molar-refractivity contribution in [1.82, 2.24) is 15.0 Å². The molecular weight excluding hydrogens is 388 g/mol. The number of methoxy groups -OCH3 is 1. The van der Waals surface area contributed by atoms with E-state index in [-0.39, 0.29) is 0 Å². The molecule has 0 spiro atoms. The molecule has 5 heterocycles. The van der Waals surface area contributed by atoms with Gasteiger partial charge in [-0.05, 0) is 12.1 Å². The van der Waals surface area contributed by atoms with E-state index >= 15 is 0 Å². The summed E-state index contributed by atoms with van der Waals surface area (Å²) in [6, 6.07) is 3.88. The lowest BCUT2D eigenvalue weighted by Gasteiger charge is -2.31. The highest BCUT2D eigenvalue weighted by atomic mass is 16.5. The summed E-state index contributed by atoms with van der Waals surface area (Å²) in [5.74, 6) is 3.00. The van der Waals surface area contributed by atoms with E-state index in [1.807, 2.05) is 6.07 Å². The number of nitrogens with zero attached hydrogens (tertiary/aromatic N) is 5. The van der Waals surface area contributed by atoms with Gasteiger partial charge in [-0.1, -0.05) is 0 Å². The molecule has 0 aliphatic carbocycles. The fourth-order valence-corrected chi connectivity index (χ4v) is 4.14. The van der Waals surface area contributed by atoms with Crippen LogP contribution in [0.2, 0.25) is 0 Å². The quantitative estimate of drug-likeness (QED) is 0.799. The molecule has 2 aromatic rings. The van der Waals surface area contributed by atoms with Gasteiger partial charge in [-0.15, -0.1) is 0 Å². The van der Waals surface area contributed by atoms with Crippen molar-refractivity contribution in [2.75, 3.05) is 68.3 Å². The van der Waals surface area contributed by atoms with Gasteiger partial charge in [0.25, 0.3) is 0 Å². The third-order valence-corrected chi connectivity index (χ3v) is 5.65. The monoisotopic (exact) mass is 412 g/mol. The van der Waals surface area contributed by atoms with Crippen molar-refractivity contribution in [3.63, 3.8) is 0 Å². The molecule has 158 valence electrons. The predicted octanol–water partition coefficient (Wildman–Crippen LogP) is 1.31. The van der Waals surface area contributed by atoms with Crippen molar-refractivity contribution in [2.45, 2.75) is 12.5 Å². The number of carbonyl (C=O) groups is 1. The average Bonchev–Trinajstić information content (AvgIpc) is 3.18. The number of rotatable bonds is 3. The Hall–Kier alpha value is -2.98. The molecule has 2 fully saturated rings. The molecule has 0 bridgehead atoms. The molecule has 30 heavy (non-hydrogen) atoms. The summed E-state index contributed by atoms with van der Waals surface area (Å²) in [6.07, 6.45) is 2.00. The summed E-state index contributed by atoms with van der Waals surface area (Å²) in [5.41, 5.74) is 1.98. The summed E-state index contributed by atoms with van der Waals surface area (Å²) < 4.78 is 15.8. The second-order valence-electron chi connectivity index (χ2n) is 7.45. The molecule has 0 aromatic carbocycles. The molecule has 2 aromatic heterocycles. The van der Waals surface area contributed by atoms with E-state index in [9.17, 15) is 4.79 Å². The standard InChI is InChI=1S/C20H24N6O4/c1-28-20(27)22-16-3-2-13(11-21-16)17-23-18(25-4-7-29-8-5-25)15-10-14-12-30-9-6-26(14)19(15)24-17/h2-3,11,14H,4-10,12H2,1H3,(H,21,22,27)/t14-/m0/s1. The van der Waals surface area contributed by atoms with Crippen LogP contribution in [-0.2, 0) is 20.6 Å². The van der Waals surface area contributed by atoms with Gasteiger partial charge in [0, 0.05) is 43.4 Å². The lowest BCUT2D eigenvalue weighted by atomic mass is 10.1. The number of ether oxygens (including phenoxy) is 3. The zero-order chi connectivity index (χ0) is 20.5. The summed E-state index contributed by atoms with van der Waals surface area (Å²) >= 11 is 0. The normalized spacial score (nSPS) is 20.5. The van der Waals surface area contributed by atoms with Crippen LogP contribution in [0.15, 0.2) is 18.3 Å². The molecule has 0 unspecified atom stereocenters. The van der Waals surface area contributed by atoms with E-state index in [1.165, 1.54) is 12.7 Å². The molecule has 2 saturated heterocycles. The summed E-state index contributed by atoms with van der Waals surface area (Å²) in [7, 11) is 1.31. The Morgan fingerprint density at radius 2 is 1.93 bits per heavy atom. The van der Waals surface area contributed by atoms with Crippen LogP contribution < -0.4 is 15.1 Å². The van der Waals surface area contributed by atoms with Crippen molar-refractivity contribution in [1.29, 1.82) is 0 Å². The van der Waals surface area contributed by atoms with Crippen molar-refractivity contribution < 1.29 is 19.0 Å². The minimum atomic E-state index is -0.558. The van der Waals surface area contributed by atoms with Crippen molar-refractivity contribution in [3.05, 3.63) is 23.9 Å². The summed E-state index contributed by atoms with van der Waals surface area (Å²) in [6.45, 7) is 5.26. The molecule has 10 nitrogen and oxygen atoms in total. The molecule has 1 N–H and O–H groups in total. The van der Waals surface area contributed by atoms with E-state index in [0.717, 1.165) is 43.3 Å². The number of anilines is 3. The number of amides is 1. The van der Waals surface area contributed by atoms with Crippen LogP contribution in [0.1, 0.15) is 5.56 Å². The topological polar surface area (TPSA) is 102 Å². The van der Waals surface area contributed by atoms with Gasteiger partial charge in [-0.3, -0.25) is 5.32 Å². The van der Waals surface area contributed by atoms with Gasteiger partial charge in [0.1, 0.15) is 17.5 Å². The number of pyridine rings is 1. The maximum atomic E-state index is 11.4. The maximum absolute atomic E-state index is 11.4. The highest BCUT2D eigenvalue weighted by molar-refractivity contribution is 5.83. The number of morpholine rings is 2. The van der Waals surface area contributed by atoms with Crippen LogP contribution in [0, 0.1) is 0 Å². The number of nitrogens with one attached hydrogen (secondary N) is 1. The van der Waals surface area contributed by atoms with Gasteiger partial charge in [-0.2, -0.15) is 0 Å². The Balaban J connectivity index is 1.52. The zero-order valence-corrected chi connectivity index (χ0v) is 16.8. The highest BCUT2D eigenvalue weighted by Crippen LogP contribution is 2.39. The minimum Gasteiger partial charge on any atom is -0.453 e. The number of carbonyl (C=O) groups excluding carboxylic acids is 1. The lowest BCUT2D eigenvalue weighted by molar-refractivity contribution is 0.0973. The van der Waals surface area contributed by atoms with E-state index in [4.69, 9.17) is 19.4 Å². The fraction of sp³-hybridized carbons (Fsp3) is 0.500. The van der Waals surface area contributed by atoms with Crippen LogP contribution in [0.5, 0.6) is 0 Å². The van der Waals surface area contributed by atoms with Gasteiger partial charge in [0.15, 0.2) is 5.82 Å². The van der Waals surface area contributed by atoms with Gasteiger partial charge in [-0.25, -0.2) is 19.7 Å². The van der Waals surface area contributed by atoms with Gasteiger partial charge in [0.05, 0.1) is 39.6 Å². The third-order valence-electron chi connectivity index (χ3n) is 5.65. The molecule has 1 amide bonds. The molecule has 1 atom stereocenters. The summed E-state index contributed by atoms with van der Waals surface area (Å²) in [5, 5.41) is 2.55. The van der Waals surface area contributed by atoms with Crippen LogP contribution in [0.4, 0.5) is 22.2 Å². The van der Waals surface area contributed by atoms with Gasteiger partial charge >= 0.3 is 6.09 Å². The highest BCUT2D eigenvalue weighted by Gasteiger charge is 2.37. The molecule has 3 aliphatic heterocycles. The Bertz CT molecular complexity index is 932. The van der Waals surface area contributed by atoms with E-state index in [0.29, 0.717) is 44.1 Å². The lowest BCUT2D eigenvalue weighted by Crippen LogP contribution is -2.43. The number of hydrogen-bond acceptors (Lipinski definition) is 9. The van der Waals surface area contributed by atoms with Crippen LogP contribution in [0.25, 0.3) is 11.4 Å². The van der Waals surface area contributed by atoms with E-state index in [1.54, 1.807) is 12.3 Å². The second kappa shape index (κ2) is 8.04. The average molecular weight is 412 g/mol. The first-order valence-corrected chi connectivity index (χ1v) is 10.1. The van der Waals surface area contributed by atoms with Crippen LogP contribution >= 0.6 is 0 Å². The van der Waals surface area contributed by atoms with Crippen LogP contribution in [-0.4, -0.2) is 80.3 Å². The maximum Gasteiger partial charge on any atom is 0.412 e. The number of fused-ring (bicyclic) bond motifs is 3. The minimum absolute atomic E-state index is 0.308. The number of aromatic nitrogens is 3. The smallest absolute Gasteiger partial charge is 0.412 e. The third kappa shape index (κ3) is 3.52. The van der Waals surface area contributed by atoms with Crippen molar-refractivity contribution >= 4 is 23.5 Å². The van der Waals surface area contributed by atoms with Crippen molar-refractivity contribution in [2.24, 2.45) is 0 Å². The first kappa shape index (κ1) is 19.0. The predicted molar refractivity (Wildman–Crippen MR) is 110 cm³/mol. The molecular formula is C20H24N6O4. The number of hydrogen-bond donors (Lipinski definition) is 1. The molecule has 10 heteroatoms. The Morgan fingerprint density at radius 1 is 1.13 bits per heavy atom. The molecule has 3 aliphatic rings. The summed E-state index contributed by atoms with van der Waals surface area (Å²) in [4.78, 5) is 30.2. The molecule has 0 saturated carbocycles. The first-order valence-electron chi connectivity index (χ1n) is 10.1. The van der Waals surface area contributed by atoms with Gasteiger partial charge in [0.2, 0.25) is 0 Å². The molecule has 0 radical (unpaired) electrons. The van der Waals surface area contributed by atoms with E-state index in [2.05, 4.69) is 24.8 Å². The van der Waals surface area contributed by atoms with Crippen LogP contribution in [0.3, 0.4) is 0 Å². The van der Waals surface area contributed by atoms with Crippen molar-refractivity contribution in [3.8, 4) is 11.4 Å². The molecule has 5 rings (SSSR count).